The second kappa shape index (κ2) is 27.0. The molecule has 15 nitrogen and oxygen atoms in total. The number of nitrogens with zero attached hydrogens (tertiary/aromatic N) is 6. The Balaban J connectivity index is 0.790. The SMILES string of the molecule is COC[C@H]1COC[C@H]1n1c(Cc2cc(F)c(-c3ccc(F)c(OCc4ccc(C(F)(F)F)cc4)n3)cc2F)nc2ccc(C(=O)OC(=O)c3ccc4nc(Cc5cc(F)c(-c6ccc(F)c(OCc7ccc(C(F)(F)F)cc7)n6)cc5F)n([C@@H]5COC[C@@H]5COC)c4c3)cc21. The van der Waals surface area contributed by atoms with Gasteiger partial charge < -0.3 is 42.3 Å². The van der Waals surface area contributed by atoms with Gasteiger partial charge in [0, 0.05) is 50.0 Å². The molecule has 4 aromatic heterocycles. The summed E-state index contributed by atoms with van der Waals surface area (Å²) in [5.74, 6) is -9.15. The van der Waals surface area contributed by atoms with Crippen LogP contribution in [0.2, 0.25) is 0 Å². The number of hydrogen-bond donors (Lipinski definition) is 0. The third-order valence-corrected chi connectivity index (χ3v) is 16.4. The predicted octanol–water partition coefficient (Wildman–Crippen LogP) is 14.4. The van der Waals surface area contributed by atoms with E-state index in [-0.39, 0.29) is 132 Å². The highest BCUT2D eigenvalue weighted by Gasteiger charge is 2.37. The van der Waals surface area contributed by atoms with Crippen LogP contribution < -0.4 is 9.47 Å². The number of esters is 2. The molecule has 2 aliphatic rings. The monoisotopic (exact) mass is 1320 g/mol. The van der Waals surface area contributed by atoms with Crippen LogP contribution in [-0.4, -0.2) is 94.9 Å². The lowest BCUT2D eigenvalue weighted by Gasteiger charge is -2.22. The number of methoxy groups -OCH3 is 2. The minimum atomic E-state index is -4.58. The van der Waals surface area contributed by atoms with Gasteiger partial charge in [0.25, 0.3) is 11.8 Å². The van der Waals surface area contributed by atoms with Crippen molar-refractivity contribution in [1.82, 2.24) is 29.1 Å². The Labute approximate surface area is 531 Å². The van der Waals surface area contributed by atoms with E-state index in [1.807, 2.05) is 0 Å². The molecule has 4 atom stereocenters. The lowest BCUT2D eigenvalue weighted by atomic mass is 10.0. The molecule has 0 spiro atoms. The largest absolute Gasteiger partial charge is 0.471 e. The summed E-state index contributed by atoms with van der Waals surface area (Å²) in [7, 11) is 3.00. The summed E-state index contributed by atoms with van der Waals surface area (Å²) in [5, 5.41) is 0. The minimum absolute atomic E-state index is 0.100. The van der Waals surface area contributed by atoms with Crippen molar-refractivity contribution in [2.75, 3.05) is 53.9 Å². The Kier molecular flexibility index (Phi) is 18.5. The molecule has 0 bridgehead atoms. The molecule has 95 heavy (non-hydrogen) atoms. The molecule has 12 rings (SSSR count). The number of ether oxygens (including phenoxy) is 7. The van der Waals surface area contributed by atoms with Crippen molar-refractivity contribution in [1.29, 1.82) is 0 Å². The Morgan fingerprint density at radius 2 is 0.874 bits per heavy atom. The molecule has 2 saturated heterocycles. The molecule has 6 aromatic carbocycles. The first kappa shape index (κ1) is 65.4. The molecule has 0 aliphatic carbocycles. The van der Waals surface area contributed by atoms with Gasteiger partial charge in [-0.3, -0.25) is 0 Å². The van der Waals surface area contributed by atoms with Crippen molar-refractivity contribution in [2.45, 2.75) is 50.5 Å². The van der Waals surface area contributed by atoms with Crippen molar-refractivity contribution in [2.24, 2.45) is 11.8 Å². The van der Waals surface area contributed by atoms with Gasteiger partial charge in [0.2, 0.25) is 0 Å². The van der Waals surface area contributed by atoms with Crippen molar-refractivity contribution < 1.29 is 95.4 Å². The molecule has 10 aromatic rings. The maximum absolute atomic E-state index is 16.3. The van der Waals surface area contributed by atoms with Crippen LogP contribution >= 0.6 is 0 Å². The number of rotatable bonds is 20. The molecule has 0 unspecified atom stereocenters. The summed E-state index contributed by atoms with van der Waals surface area (Å²) < 4.78 is 216. The van der Waals surface area contributed by atoms with Gasteiger partial charge in [-0.05, 0) is 131 Å². The van der Waals surface area contributed by atoms with Gasteiger partial charge in [-0.2, -0.15) is 26.3 Å². The van der Waals surface area contributed by atoms with Crippen molar-refractivity contribution in [3.8, 4) is 34.3 Å². The number of carbonyl (C=O) groups is 2. The fourth-order valence-corrected chi connectivity index (χ4v) is 11.6. The molecule has 0 radical (unpaired) electrons. The molecule has 0 saturated carbocycles. The van der Waals surface area contributed by atoms with E-state index in [2.05, 4.69) is 9.97 Å². The van der Waals surface area contributed by atoms with Gasteiger partial charge in [0.15, 0.2) is 11.6 Å². The van der Waals surface area contributed by atoms with E-state index in [1.54, 1.807) is 9.13 Å². The van der Waals surface area contributed by atoms with Crippen LogP contribution in [0.25, 0.3) is 44.6 Å². The lowest BCUT2D eigenvalue weighted by molar-refractivity contribution is -0.138. The standard InChI is InChI=1S/C68H52F12N6O9/c1-89-29-41-31-91-33-59(41)85-57-21-37(7-15-55(57)81-61(85)23-39-19-51(73)45(25-49(39)71)53-17-13-47(69)63(83-53)93-27-35-3-9-43(10-4-35)67(75,76)77)65(87)95-66(88)38-8-16-56-58(22-38)86(60-34-92-32-42(60)30-90-2)62(82-56)24-40-20-52(74)46(26-50(40)72)54-18-14-48(70)64(84-54)94-28-36-5-11-44(12-6-36)68(78,79)80/h3-22,25-26,41-42,59-60H,23-24,27-34H2,1-2H3/t41-,42-,59+,60+/m0/s1. The van der Waals surface area contributed by atoms with E-state index < -0.39 is 107 Å². The topological polar surface area (TPSA) is 160 Å². The number of carbonyl (C=O) groups excluding carboxylic acids is 2. The molecule has 2 aliphatic heterocycles. The number of halogens is 12. The zero-order chi connectivity index (χ0) is 67.0. The lowest BCUT2D eigenvalue weighted by Crippen LogP contribution is -2.23. The van der Waals surface area contributed by atoms with Gasteiger partial charge in [0.1, 0.15) is 48.1 Å². The predicted molar refractivity (Wildman–Crippen MR) is 316 cm³/mol. The van der Waals surface area contributed by atoms with Crippen LogP contribution in [0.15, 0.2) is 133 Å². The summed E-state index contributed by atoms with van der Waals surface area (Å²) in [5.41, 5.74) is -1.63. The summed E-state index contributed by atoms with van der Waals surface area (Å²) in [4.78, 5) is 45.9. The number of pyridine rings is 2. The van der Waals surface area contributed by atoms with E-state index in [1.165, 1.54) is 50.6 Å². The highest BCUT2D eigenvalue weighted by molar-refractivity contribution is 6.05. The van der Waals surface area contributed by atoms with E-state index in [4.69, 9.17) is 43.1 Å². The van der Waals surface area contributed by atoms with Gasteiger partial charge in [-0.1, -0.05) is 24.3 Å². The van der Waals surface area contributed by atoms with Crippen molar-refractivity contribution >= 4 is 34.0 Å². The fraction of sp³-hybridized carbons (Fsp3) is 0.265. The Hall–Kier alpha value is -9.70. The van der Waals surface area contributed by atoms with E-state index >= 15 is 17.6 Å². The summed E-state index contributed by atoms with van der Waals surface area (Å²) in [6.07, 6.45) is -9.77. The number of imidazole rings is 2. The number of hydrogen-bond acceptors (Lipinski definition) is 13. The second-order valence-electron chi connectivity index (χ2n) is 22.7. The number of alkyl halides is 6. The summed E-state index contributed by atoms with van der Waals surface area (Å²) >= 11 is 0. The van der Waals surface area contributed by atoms with E-state index in [0.717, 1.165) is 97.1 Å². The average molecular weight is 1330 g/mol. The Morgan fingerprint density at radius 3 is 1.25 bits per heavy atom. The van der Waals surface area contributed by atoms with Crippen LogP contribution in [0, 0.1) is 46.7 Å². The Bertz CT molecular complexity index is 4260. The van der Waals surface area contributed by atoms with Crippen LogP contribution in [0.1, 0.15) is 77.8 Å². The highest BCUT2D eigenvalue weighted by atomic mass is 19.4. The molecular formula is C68H52F12N6O9. The minimum Gasteiger partial charge on any atom is -0.471 e. The van der Waals surface area contributed by atoms with Gasteiger partial charge in [-0.25, -0.2) is 55.9 Å². The first-order chi connectivity index (χ1) is 45.5. The fourth-order valence-electron chi connectivity index (χ4n) is 11.6. The number of fused-ring (bicyclic) bond motifs is 2. The third-order valence-electron chi connectivity index (χ3n) is 16.4. The number of aromatic nitrogens is 6. The smallest absolute Gasteiger partial charge is 0.416 e. The molecular weight excluding hydrogens is 1270 g/mol. The van der Waals surface area contributed by atoms with Gasteiger partial charge in [0.05, 0.1) is 107 Å². The maximum Gasteiger partial charge on any atom is 0.416 e. The van der Waals surface area contributed by atoms with Crippen LogP contribution in [-0.2, 0) is 62.1 Å². The van der Waals surface area contributed by atoms with Gasteiger partial charge >= 0.3 is 24.3 Å². The van der Waals surface area contributed by atoms with Gasteiger partial charge in [-0.15, -0.1) is 0 Å². The number of benzene rings is 6. The second-order valence-corrected chi connectivity index (χ2v) is 22.7. The van der Waals surface area contributed by atoms with Crippen LogP contribution in [0.4, 0.5) is 52.7 Å². The molecule has 6 heterocycles. The first-order valence-electron chi connectivity index (χ1n) is 29.3. The molecule has 27 heteroatoms. The van der Waals surface area contributed by atoms with Crippen LogP contribution in [0.5, 0.6) is 11.8 Å². The maximum atomic E-state index is 16.3. The van der Waals surface area contributed by atoms with Crippen molar-refractivity contribution in [3.05, 3.63) is 225 Å². The summed E-state index contributed by atoms with van der Waals surface area (Å²) in [6.45, 7) is 0.392. The van der Waals surface area contributed by atoms with Crippen molar-refractivity contribution in [3.63, 3.8) is 0 Å². The normalized spacial score (nSPS) is 16.7. The van der Waals surface area contributed by atoms with Crippen LogP contribution in [0.3, 0.4) is 0 Å². The molecule has 2 fully saturated rings. The summed E-state index contributed by atoms with van der Waals surface area (Å²) in [6, 6.07) is 23.2. The molecule has 0 N–H and O–H groups in total. The quantitative estimate of drug-likeness (QED) is 0.0403. The van der Waals surface area contributed by atoms with E-state index in [9.17, 15) is 44.7 Å². The zero-order valence-electron chi connectivity index (χ0n) is 50.0. The highest BCUT2D eigenvalue weighted by Crippen LogP contribution is 2.39. The zero-order valence-corrected chi connectivity index (χ0v) is 50.0. The first-order valence-corrected chi connectivity index (χ1v) is 29.3. The molecule has 492 valence electrons. The van der Waals surface area contributed by atoms with E-state index in [0.29, 0.717) is 22.1 Å². The average Bonchev–Trinajstić information content (AvgIpc) is 1.63. The molecule has 0 amide bonds. The third kappa shape index (κ3) is 14.0. The Morgan fingerprint density at radius 1 is 0.474 bits per heavy atom.